The summed E-state index contributed by atoms with van der Waals surface area (Å²) in [5.41, 5.74) is -0.136. The summed E-state index contributed by atoms with van der Waals surface area (Å²) in [5, 5.41) is 3.07. The highest BCUT2D eigenvalue weighted by Crippen LogP contribution is 2.31. The topological polar surface area (TPSA) is 47.6 Å². The Kier molecular flexibility index (Phi) is 4.17. The number of carbonyl (C=O) groups excluding carboxylic acids is 1. The number of rotatable bonds is 3. The fourth-order valence-electron chi connectivity index (χ4n) is 2.93. The van der Waals surface area contributed by atoms with Crippen LogP contribution in [0, 0.1) is 5.41 Å². The van der Waals surface area contributed by atoms with E-state index in [0.717, 1.165) is 6.42 Å². The highest BCUT2D eigenvalue weighted by Gasteiger charge is 2.33. The molecule has 0 spiro atoms. The lowest BCUT2D eigenvalue weighted by molar-refractivity contribution is -0.132. The Morgan fingerprint density at radius 3 is 2.43 bits per heavy atom. The Morgan fingerprint density at radius 1 is 1.19 bits per heavy atom. The van der Waals surface area contributed by atoms with Gasteiger partial charge in [0.1, 0.15) is 6.61 Å². The molecule has 2 rings (SSSR count). The van der Waals surface area contributed by atoms with Crippen molar-refractivity contribution in [1.29, 1.82) is 0 Å². The van der Waals surface area contributed by atoms with Crippen LogP contribution in [0.2, 0.25) is 0 Å². The molecule has 1 aliphatic rings. The summed E-state index contributed by atoms with van der Waals surface area (Å²) < 4.78 is 11.3. The minimum absolute atomic E-state index is 0.126. The van der Waals surface area contributed by atoms with E-state index in [-0.39, 0.29) is 23.5 Å². The standard InChI is InChI=1S/C17H25NO3/c1-16(2,3)11-17(4,5)18-15(19)14-10-20-12-8-6-7-9-13(12)21-14/h6-9,14H,10-11H2,1-5H3,(H,18,19)/t14-/m1/s1. The van der Waals surface area contributed by atoms with Gasteiger partial charge in [0.15, 0.2) is 11.5 Å². The van der Waals surface area contributed by atoms with E-state index in [1.54, 1.807) is 0 Å². The molecule has 1 aliphatic heterocycles. The number of ether oxygens (including phenoxy) is 2. The molecule has 1 amide bonds. The first kappa shape index (κ1) is 15.7. The summed E-state index contributed by atoms with van der Waals surface area (Å²) in [6.07, 6.45) is 0.287. The average Bonchev–Trinajstić information content (AvgIpc) is 2.34. The molecule has 116 valence electrons. The summed E-state index contributed by atoms with van der Waals surface area (Å²) in [6, 6.07) is 7.41. The van der Waals surface area contributed by atoms with Crippen molar-refractivity contribution in [3.8, 4) is 11.5 Å². The van der Waals surface area contributed by atoms with Crippen LogP contribution in [0.15, 0.2) is 24.3 Å². The van der Waals surface area contributed by atoms with E-state index in [1.165, 1.54) is 0 Å². The average molecular weight is 291 g/mol. The fourth-order valence-corrected chi connectivity index (χ4v) is 2.93. The van der Waals surface area contributed by atoms with Gasteiger partial charge in [0.05, 0.1) is 0 Å². The Bertz CT molecular complexity index is 517. The van der Waals surface area contributed by atoms with Crippen molar-refractivity contribution in [2.45, 2.75) is 52.7 Å². The second kappa shape index (κ2) is 5.58. The van der Waals surface area contributed by atoms with Crippen molar-refractivity contribution in [2.75, 3.05) is 6.61 Å². The van der Waals surface area contributed by atoms with E-state index < -0.39 is 6.10 Å². The molecular weight excluding hydrogens is 266 g/mol. The number of hydrogen-bond donors (Lipinski definition) is 1. The van der Waals surface area contributed by atoms with Crippen LogP contribution in [0.5, 0.6) is 11.5 Å². The van der Waals surface area contributed by atoms with Gasteiger partial charge in [-0.15, -0.1) is 0 Å². The van der Waals surface area contributed by atoms with Crippen LogP contribution in [0.1, 0.15) is 41.0 Å². The number of fused-ring (bicyclic) bond motifs is 1. The zero-order valence-electron chi connectivity index (χ0n) is 13.5. The van der Waals surface area contributed by atoms with Gasteiger partial charge < -0.3 is 14.8 Å². The van der Waals surface area contributed by atoms with Crippen LogP contribution >= 0.6 is 0 Å². The van der Waals surface area contributed by atoms with Crippen LogP contribution in [-0.4, -0.2) is 24.2 Å². The number of carbonyl (C=O) groups is 1. The van der Waals surface area contributed by atoms with Gasteiger partial charge in [0.25, 0.3) is 5.91 Å². The smallest absolute Gasteiger partial charge is 0.265 e. The predicted octanol–water partition coefficient (Wildman–Crippen LogP) is 3.16. The Labute approximate surface area is 126 Å². The molecule has 0 aromatic heterocycles. The molecule has 0 radical (unpaired) electrons. The fraction of sp³-hybridized carbons (Fsp3) is 0.588. The van der Waals surface area contributed by atoms with Crippen LogP contribution < -0.4 is 14.8 Å². The quantitative estimate of drug-likeness (QED) is 0.930. The molecule has 1 N–H and O–H groups in total. The molecule has 4 nitrogen and oxygen atoms in total. The minimum Gasteiger partial charge on any atom is -0.485 e. The van der Waals surface area contributed by atoms with E-state index in [0.29, 0.717) is 11.5 Å². The first-order valence-electron chi connectivity index (χ1n) is 7.37. The van der Waals surface area contributed by atoms with Gasteiger partial charge in [-0.3, -0.25) is 4.79 Å². The molecular formula is C17H25NO3. The molecule has 0 saturated heterocycles. The number of amides is 1. The zero-order chi connectivity index (χ0) is 15.7. The number of para-hydroxylation sites is 2. The summed E-state index contributed by atoms with van der Waals surface area (Å²) >= 11 is 0. The van der Waals surface area contributed by atoms with Gasteiger partial charge in [-0.05, 0) is 37.8 Å². The Balaban J connectivity index is 1.99. The van der Waals surface area contributed by atoms with Crippen LogP contribution in [0.3, 0.4) is 0 Å². The molecule has 0 bridgehead atoms. The number of benzene rings is 1. The molecule has 4 heteroatoms. The summed E-state index contributed by atoms with van der Waals surface area (Å²) in [5.74, 6) is 1.19. The second-order valence-corrected chi connectivity index (χ2v) is 7.47. The second-order valence-electron chi connectivity index (χ2n) is 7.47. The molecule has 0 aliphatic carbocycles. The maximum atomic E-state index is 12.4. The SMILES string of the molecule is CC(C)(C)CC(C)(C)NC(=O)[C@H]1COc2ccccc2O1. The number of hydrogen-bond acceptors (Lipinski definition) is 3. The highest BCUT2D eigenvalue weighted by atomic mass is 16.6. The first-order chi connectivity index (χ1) is 9.66. The lowest BCUT2D eigenvalue weighted by Crippen LogP contribution is -2.53. The summed E-state index contributed by atoms with van der Waals surface area (Å²) in [7, 11) is 0. The van der Waals surface area contributed by atoms with Crippen LogP contribution in [0.4, 0.5) is 0 Å². The van der Waals surface area contributed by atoms with Gasteiger partial charge in [0.2, 0.25) is 6.10 Å². The number of nitrogens with one attached hydrogen (secondary N) is 1. The van der Waals surface area contributed by atoms with E-state index in [9.17, 15) is 4.79 Å². The van der Waals surface area contributed by atoms with Gasteiger partial charge in [0, 0.05) is 5.54 Å². The van der Waals surface area contributed by atoms with E-state index in [4.69, 9.17) is 9.47 Å². The Morgan fingerprint density at radius 2 is 1.81 bits per heavy atom. The largest absolute Gasteiger partial charge is 0.485 e. The molecule has 1 heterocycles. The maximum absolute atomic E-state index is 12.4. The monoisotopic (exact) mass is 291 g/mol. The van der Waals surface area contributed by atoms with Crippen molar-refractivity contribution in [3.63, 3.8) is 0 Å². The first-order valence-corrected chi connectivity index (χ1v) is 7.37. The maximum Gasteiger partial charge on any atom is 0.265 e. The normalized spacial score (nSPS) is 18.2. The summed E-state index contributed by atoms with van der Waals surface area (Å²) in [6.45, 7) is 10.8. The third-order valence-corrected chi connectivity index (χ3v) is 3.23. The van der Waals surface area contributed by atoms with E-state index >= 15 is 0 Å². The third-order valence-electron chi connectivity index (χ3n) is 3.23. The van der Waals surface area contributed by atoms with Gasteiger partial charge in [-0.25, -0.2) is 0 Å². The molecule has 0 unspecified atom stereocenters. The van der Waals surface area contributed by atoms with Crippen molar-refractivity contribution in [3.05, 3.63) is 24.3 Å². The summed E-state index contributed by atoms with van der Waals surface area (Å²) in [4.78, 5) is 12.4. The Hall–Kier alpha value is -1.71. The zero-order valence-corrected chi connectivity index (χ0v) is 13.5. The van der Waals surface area contributed by atoms with Gasteiger partial charge in [-0.1, -0.05) is 32.9 Å². The van der Waals surface area contributed by atoms with E-state index in [1.807, 2.05) is 38.1 Å². The van der Waals surface area contributed by atoms with E-state index in [2.05, 4.69) is 26.1 Å². The van der Waals surface area contributed by atoms with Gasteiger partial charge in [-0.2, -0.15) is 0 Å². The van der Waals surface area contributed by atoms with Crippen molar-refractivity contribution in [1.82, 2.24) is 5.32 Å². The predicted molar refractivity (Wildman–Crippen MR) is 82.6 cm³/mol. The van der Waals surface area contributed by atoms with Crippen molar-refractivity contribution >= 4 is 5.91 Å². The molecule has 0 fully saturated rings. The lowest BCUT2D eigenvalue weighted by atomic mass is 9.81. The van der Waals surface area contributed by atoms with Crippen molar-refractivity contribution < 1.29 is 14.3 Å². The van der Waals surface area contributed by atoms with Crippen molar-refractivity contribution in [2.24, 2.45) is 5.41 Å². The lowest BCUT2D eigenvalue weighted by Gasteiger charge is -2.35. The molecule has 1 aromatic carbocycles. The van der Waals surface area contributed by atoms with Crippen LogP contribution in [-0.2, 0) is 4.79 Å². The third kappa shape index (κ3) is 4.38. The van der Waals surface area contributed by atoms with Crippen LogP contribution in [0.25, 0.3) is 0 Å². The molecule has 1 aromatic rings. The minimum atomic E-state index is -0.598. The molecule has 1 atom stereocenters. The van der Waals surface area contributed by atoms with Gasteiger partial charge >= 0.3 is 0 Å². The highest BCUT2D eigenvalue weighted by molar-refractivity contribution is 5.82. The molecule has 21 heavy (non-hydrogen) atoms. The molecule has 0 saturated carbocycles.